The SMILES string of the molecule is CC(=O)N(CCCNC(=O)OCC[Si](C)(C)C)[C@@H](c1cc(-c2cc(F)ccc2F)cn1Cc1ccccc1)C(C)(C)C. The standard InChI is InChI=1S/C33H45F2N3O3Si/c1-24(39)38(17-11-16-36-32(40)41-18-19-42(5,6)7)31(33(2,3)4)30-20-26(28-21-27(34)14-15-29(28)35)23-37(30)22-25-12-9-8-10-13-25/h8-10,12-15,20-21,23,31H,11,16-19,22H2,1-7H3,(H,36,40)/t31-/m0/s1. The molecule has 6 nitrogen and oxygen atoms in total. The Labute approximate surface area is 250 Å². The molecule has 0 saturated heterocycles. The summed E-state index contributed by atoms with van der Waals surface area (Å²) in [7, 11) is -1.30. The van der Waals surface area contributed by atoms with Gasteiger partial charge >= 0.3 is 6.09 Å². The molecule has 0 unspecified atom stereocenters. The molecule has 0 saturated carbocycles. The summed E-state index contributed by atoms with van der Waals surface area (Å²) < 4.78 is 36.4. The third-order valence-electron chi connectivity index (χ3n) is 7.11. The van der Waals surface area contributed by atoms with Gasteiger partial charge in [0.05, 0.1) is 12.6 Å². The van der Waals surface area contributed by atoms with Gasteiger partial charge < -0.3 is 19.5 Å². The summed E-state index contributed by atoms with van der Waals surface area (Å²) in [5.41, 5.74) is 2.16. The molecule has 1 aromatic heterocycles. The number of ether oxygens (including phenoxy) is 1. The van der Waals surface area contributed by atoms with Gasteiger partial charge in [0, 0.05) is 57.6 Å². The number of alkyl carbamates (subject to hydrolysis) is 1. The maximum atomic E-state index is 14.9. The molecule has 0 aliphatic heterocycles. The van der Waals surface area contributed by atoms with Gasteiger partial charge in [0.2, 0.25) is 5.91 Å². The summed E-state index contributed by atoms with van der Waals surface area (Å²) in [5.74, 6) is -1.15. The maximum absolute atomic E-state index is 14.9. The van der Waals surface area contributed by atoms with Gasteiger partial charge in [-0.25, -0.2) is 13.6 Å². The van der Waals surface area contributed by atoms with Gasteiger partial charge in [-0.15, -0.1) is 0 Å². The molecule has 42 heavy (non-hydrogen) atoms. The molecule has 0 aliphatic carbocycles. The van der Waals surface area contributed by atoms with Crippen molar-refractivity contribution in [1.82, 2.24) is 14.8 Å². The van der Waals surface area contributed by atoms with E-state index in [-0.39, 0.29) is 17.5 Å². The number of benzene rings is 2. The van der Waals surface area contributed by atoms with Crippen LogP contribution < -0.4 is 5.32 Å². The first kappa shape index (κ1) is 33.0. The van der Waals surface area contributed by atoms with Crippen molar-refractivity contribution in [3.05, 3.63) is 83.7 Å². The summed E-state index contributed by atoms with van der Waals surface area (Å²) in [6.45, 7) is 16.0. The van der Waals surface area contributed by atoms with E-state index < -0.39 is 31.2 Å². The van der Waals surface area contributed by atoms with Crippen LogP contribution in [-0.4, -0.2) is 49.2 Å². The van der Waals surface area contributed by atoms with Crippen LogP contribution in [0.5, 0.6) is 0 Å². The van der Waals surface area contributed by atoms with Crippen molar-refractivity contribution in [3.63, 3.8) is 0 Å². The highest BCUT2D eigenvalue weighted by atomic mass is 28.3. The van der Waals surface area contributed by atoms with Crippen molar-refractivity contribution in [3.8, 4) is 11.1 Å². The van der Waals surface area contributed by atoms with Gasteiger partial charge in [0.1, 0.15) is 11.6 Å². The number of carbonyl (C=O) groups is 2. The highest BCUT2D eigenvalue weighted by Gasteiger charge is 2.36. The minimum absolute atomic E-state index is 0.112. The number of halogens is 2. The van der Waals surface area contributed by atoms with Crippen LogP contribution in [-0.2, 0) is 16.1 Å². The molecular formula is C33H45F2N3O3Si. The molecule has 0 bridgehead atoms. The van der Waals surface area contributed by atoms with Crippen LogP contribution in [0.25, 0.3) is 11.1 Å². The number of amides is 2. The van der Waals surface area contributed by atoms with Gasteiger partial charge in [-0.1, -0.05) is 70.7 Å². The van der Waals surface area contributed by atoms with Crippen molar-refractivity contribution in [2.45, 2.75) is 72.4 Å². The van der Waals surface area contributed by atoms with Crippen molar-refractivity contribution < 1.29 is 23.1 Å². The minimum Gasteiger partial charge on any atom is -0.450 e. The molecule has 0 radical (unpaired) electrons. The Bertz CT molecular complexity index is 1350. The number of nitrogens with one attached hydrogen (secondary N) is 1. The fraction of sp³-hybridized carbons (Fsp3) is 0.455. The molecule has 2 amide bonds. The van der Waals surface area contributed by atoms with Crippen molar-refractivity contribution in [2.24, 2.45) is 5.41 Å². The van der Waals surface area contributed by atoms with E-state index in [9.17, 15) is 18.4 Å². The topological polar surface area (TPSA) is 63.6 Å². The van der Waals surface area contributed by atoms with Crippen LogP contribution in [0.2, 0.25) is 25.7 Å². The molecule has 2 aromatic carbocycles. The number of nitrogens with zero attached hydrogens (tertiary/aromatic N) is 2. The van der Waals surface area contributed by atoms with Crippen LogP contribution in [0.3, 0.4) is 0 Å². The molecule has 3 aromatic rings. The summed E-state index contributed by atoms with van der Waals surface area (Å²) in [5, 5.41) is 2.80. The minimum atomic E-state index is -1.30. The summed E-state index contributed by atoms with van der Waals surface area (Å²) in [6, 6.07) is 15.7. The summed E-state index contributed by atoms with van der Waals surface area (Å²) in [4.78, 5) is 27.1. The average molecular weight is 598 g/mol. The molecule has 228 valence electrons. The predicted molar refractivity (Wildman–Crippen MR) is 167 cm³/mol. The lowest BCUT2D eigenvalue weighted by molar-refractivity contribution is -0.134. The number of rotatable bonds is 12. The molecule has 1 N–H and O–H groups in total. The largest absolute Gasteiger partial charge is 0.450 e. The molecule has 3 rings (SSSR count). The first-order valence-electron chi connectivity index (χ1n) is 14.5. The van der Waals surface area contributed by atoms with E-state index in [1.165, 1.54) is 13.0 Å². The van der Waals surface area contributed by atoms with Crippen LogP contribution in [0, 0.1) is 17.0 Å². The average Bonchev–Trinajstić information content (AvgIpc) is 3.28. The number of hydrogen-bond donors (Lipinski definition) is 1. The van der Waals surface area contributed by atoms with Crippen LogP contribution in [0.4, 0.5) is 13.6 Å². The van der Waals surface area contributed by atoms with E-state index in [1.807, 2.05) is 47.2 Å². The smallest absolute Gasteiger partial charge is 0.407 e. The zero-order valence-electron chi connectivity index (χ0n) is 26.0. The monoisotopic (exact) mass is 597 g/mol. The predicted octanol–water partition coefficient (Wildman–Crippen LogP) is 7.87. The van der Waals surface area contributed by atoms with E-state index in [0.29, 0.717) is 38.2 Å². The number of hydrogen-bond acceptors (Lipinski definition) is 3. The molecule has 0 aliphatic rings. The second kappa shape index (κ2) is 14.1. The van der Waals surface area contributed by atoms with Crippen LogP contribution in [0.1, 0.15) is 51.4 Å². The fourth-order valence-corrected chi connectivity index (χ4v) is 5.74. The highest BCUT2D eigenvalue weighted by Crippen LogP contribution is 2.41. The second-order valence-electron chi connectivity index (χ2n) is 13.1. The summed E-state index contributed by atoms with van der Waals surface area (Å²) in [6.07, 6.45) is 1.91. The van der Waals surface area contributed by atoms with E-state index >= 15 is 0 Å². The van der Waals surface area contributed by atoms with E-state index in [0.717, 1.165) is 29.4 Å². The van der Waals surface area contributed by atoms with Crippen molar-refractivity contribution >= 4 is 20.1 Å². The first-order chi connectivity index (χ1) is 19.7. The number of aromatic nitrogens is 1. The molecule has 1 heterocycles. The van der Waals surface area contributed by atoms with Crippen LogP contribution >= 0.6 is 0 Å². The van der Waals surface area contributed by atoms with Crippen LogP contribution in [0.15, 0.2) is 60.8 Å². The fourth-order valence-electron chi connectivity index (χ4n) is 5.02. The Hall–Kier alpha value is -3.46. The van der Waals surface area contributed by atoms with Crippen molar-refractivity contribution in [1.29, 1.82) is 0 Å². The molecule has 0 spiro atoms. The second-order valence-corrected chi connectivity index (χ2v) is 18.7. The third kappa shape index (κ3) is 9.54. The lowest BCUT2D eigenvalue weighted by atomic mass is 9.83. The molecule has 1 atom stereocenters. The van der Waals surface area contributed by atoms with Gasteiger partial charge in [-0.3, -0.25) is 4.79 Å². The van der Waals surface area contributed by atoms with Gasteiger partial charge in [0.15, 0.2) is 0 Å². The maximum Gasteiger partial charge on any atom is 0.407 e. The van der Waals surface area contributed by atoms with Crippen molar-refractivity contribution in [2.75, 3.05) is 19.7 Å². The first-order valence-corrected chi connectivity index (χ1v) is 18.2. The normalized spacial score (nSPS) is 12.6. The Morgan fingerprint density at radius 2 is 1.74 bits per heavy atom. The molecule has 0 fully saturated rings. The third-order valence-corrected chi connectivity index (χ3v) is 8.82. The molecule has 9 heteroatoms. The zero-order valence-corrected chi connectivity index (χ0v) is 27.0. The molecular weight excluding hydrogens is 552 g/mol. The Kier molecular flexibility index (Phi) is 11.1. The number of carbonyl (C=O) groups excluding carboxylic acids is 2. The lowest BCUT2D eigenvalue weighted by Crippen LogP contribution is -2.42. The lowest BCUT2D eigenvalue weighted by Gasteiger charge is -2.40. The highest BCUT2D eigenvalue weighted by molar-refractivity contribution is 6.76. The zero-order chi connectivity index (χ0) is 31.1. The Morgan fingerprint density at radius 1 is 1.05 bits per heavy atom. The van der Waals surface area contributed by atoms with E-state index in [4.69, 9.17) is 4.74 Å². The summed E-state index contributed by atoms with van der Waals surface area (Å²) >= 11 is 0. The van der Waals surface area contributed by atoms with Gasteiger partial charge in [-0.05, 0) is 47.7 Å². The van der Waals surface area contributed by atoms with Gasteiger partial charge in [-0.2, -0.15) is 0 Å². The van der Waals surface area contributed by atoms with E-state index in [1.54, 1.807) is 4.90 Å². The quantitative estimate of drug-likeness (QED) is 0.171. The van der Waals surface area contributed by atoms with E-state index in [2.05, 4.69) is 45.7 Å². The Balaban J connectivity index is 1.89. The van der Waals surface area contributed by atoms with Gasteiger partial charge in [0.25, 0.3) is 0 Å². The Morgan fingerprint density at radius 3 is 2.36 bits per heavy atom.